The smallest absolute Gasteiger partial charge is 0.125 e. The first kappa shape index (κ1) is 24.8. The fourth-order valence-corrected chi connectivity index (χ4v) is 3.37. The van der Waals surface area contributed by atoms with Crippen molar-refractivity contribution >= 4 is 0 Å². The van der Waals surface area contributed by atoms with Crippen LogP contribution >= 0.6 is 0 Å². The third-order valence-corrected chi connectivity index (χ3v) is 5.62. The highest BCUT2D eigenvalue weighted by Crippen LogP contribution is 2.31. The largest absolute Gasteiger partial charge is 0.493 e. The summed E-state index contributed by atoms with van der Waals surface area (Å²) in [5.74, 6) is 2.35. The first-order chi connectivity index (χ1) is 13.6. The predicted octanol–water partition coefficient (Wildman–Crippen LogP) is 5.86. The van der Waals surface area contributed by atoms with Gasteiger partial charge in [0.25, 0.3) is 0 Å². The van der Waals surface area contributed by atoms with Gasteiger partial charge in [-0.3, -0.25) is 0 Å². The van der Waals surface area contributed by atoms with Gasteiger partial charge in [-0.05, 0) is 36.8 Å². The molecule has 0 fully saturated rings. The molecular weight excluding hydrogens is 352 g/mol. The summed E-state index contributed by atoms with van der Waals surface area (Å²) in [6, 6.07) is 3.67. The predicted molar refractivity (Wildman–Crippen MR) is 116 cm³/mol. The van der Waals surface area contributed by atoms with Crippen LogP contribution in [0.2, 0.25) is 0 Å². The minimum atomic E-state index is -0.101. The van der Waals surface area contributed by atoms with E-state index in [-0.39, 0.29) is 13.2 Å². The first-order valence-electron chi connectivity index (χ1n) is 11.3. The molecule has 0 aromatic heterocycles. The number of aliphatic hydroxyl groups is 2. The molecule has 0 bridgehead atoms. The lowest BCUT2D eigenvalue weighted by molar-refractivity contribution is 0.210. The topological polar surface area (TPSA) is 58.9 Å². The molecule has 0 aliphatic heterocycles. The van der Waals surface area contributed by atoms with Crippen LogP contribution in [0.25, 0.3) is 0 Å². The Bertz CT molecular complexity index is 482. The molecule has 1 rings (SSSR count). The van der Waals surface area contributed by atoms with Gasteiger partial charge in [-0.25, -0.2) is 0 Å². The van der Waals surface area contributed by atoms with E-state index in [9.17, 15) is 10.2 Å². The molecule has 4 nitrogen and oxygen atoms in total. The van der Waals surface area contributed by atoms with Crippen molar-refractivity contribution in [3.8, 4) is 11.5 Å². The highest BCUT2D eigenvalue weighted by molar-refractivity contribution is 5.46. The van der Waals surface area contributed by atoms with Gasteiger partial charge in [0.2, 0.25) is 0 Å². The lowest BCUT2D eigenvalue weighted by atomic mass is 10.0. The number of rotatable bonds is 16. The lowest BCUT2D eigenvalue weighted by Crippen LogP contribution is -2.14. The van der Waals surface area contributed by atoms with Gasteiger partial charge >= 0.3 is 0 Å². The van der Waals surface area contributed by atoms with Crippen LogP contribution in [-0.4, -0.2) is 23.4 Å². The van der Waals surface area contributed by atoms with Crippen LogP contribution in [0.15, 0.2) is 12.1 Å². The standard InChI is InChI=1S/C24H42O4/c1-5-9-11-19(7-3)17-27-23-13-22(16-26)24(14-21(23)15-25)28-18-20(8-4)12-10-6-2/h13-14,19-20,25-26H,5-12,15-18H2,1-4H3. The molecule has 2 unspecified atom stereocenters. The molecule has 0 saturated carbocycles. The van der Waals surface area contributed by atoms with E-state index >= 15 is 0 Å². The van der Waals surface area contributed by atoms with Crippen LogP contribution in [-0.2, 0) is 13.2 Å². The summed E-state index contributed by atoms with van der Waals surface area (Å²) in [7, 11) is 0. The van der Waals surface area contributed by atoms with Crippen LogP contribution in [0.4, 0.5) is 0 Å². The monoisotopic (exact) mass is 394 g/mol. The maximum Gasteiger partial charge on any atom is 0.125 e. The minimum Gasteiger partial charge on any atom is -0.493 e. The minimum absolute atomic E-state index is 0.101. The molecule has 1 aromatic carbocycles. The van der Waals surface area contributed by atoms with Gasteiger partial charge in [-0.2, -0.15) is 0 Å². The Hall–Kier alpha value is -1.26. The lowest BCUT2D eigenvalue weighted by Gasteiger charge is -2.21. The van der Waals surface area contributed by atoms with Crippen molar-refractivity contribution in [3.05, 3.63) is 23.3 Å². The normalized spacial score (nSPS) is 13.4. The summed E-state index contributed by atoms with van der Waals surface area (Å²) in [6.07, 6.45) is 9.28. The zero-order valence-corrected chi connectivity index (χ0v) is 18.5. The molecule has 0 amide bonds. The fraction of sp³-hybridized carbons (Fsp3) is 0.750. The molecule has 2 atom stereocenters. The molecule has 0 saturated heterocycles. The average Bonchev–Trinajstić information content (AvgIpc) is 2.73. The number of hydrogen-bond acceptors (Lipinski definition) is 4. The quantitative estimate of drug-likeness (QED) is 0.368. The third kappa shape index (κ3) is 8.40. The summed E-state index contributed by atoms with van der Waals surface area (Å²) < 4.78 is 12.1. The van der Waals surface area contributed by atoms with E-state index in [0.717, 1.165) is 36.8 Å². The van der Waals surface area contributed by atoms with E-state index in [1.165, 1.54) is 25.7 Å². The van der Waals surface area contributed by atoms with Gasteiger partial charge in [0, 0.05) is 11.1 Å². The molecule has 2 N–H and O–H groups in total. The SMILES string of the molecule is CCCCC(CC)COc1cc(CO)c(OCC(CC)CCCC)cc1CO. The third-order valence-electron chi connectivity index (χ3n) is 5.62. The Morgan fingerprint density at radius 1 is 0.714 bits per heavy atom. The Morgan fingerprint density at radius 2 is 1.11 bits per heavy atom. The molecule has 0 heterocycles. The zero-order chi connectivity index (χ0) is 20.8. The van der Waals surface area contributed by atoms with Crippen molar-refractivity contribution in [2.45, 2.75) is 92.3 Å². The molecule has 28 heavy (non-hydrogen) atoms. The van der Waals surface area contributed by atoms with Gasteiger partial charge in [-0.1, -0.05) is 66.2 Å². The molecule has 1 aromatic rings. The molecule has 0 radical (unpaired) electrons. The van der Waals surface area contributed by atoms with Crippen molar-refractivity contribution in [2.24, 2.45) is 11.8 Å². The average molecular weight is 395 g/mol. The summed E-state index contributed by atoms with van der Waals surface area (Å²) in [4.78, 5) is 0. The van der Waals surface area contributed by atoms with Crippen molar-refractivity contribution < 1.29 is 19.7 Å². The Morgan fingerprint density at radius 3 is 1.39 bits per heavy atom. The second-order valence-electron chi connectivity index (χ2n) is 7.84. The van der Waals surface area contributed by atoms with Crippen molar-refractivity contribution in [3.63, 3.8) is 0 Å². The van der Waals surface area contributed by atoms with Gasteiger partial charge in [0.15, 0.2) is 0 Å². The van der Waals surface area contributed by atoms with Crippen LogP contribution in [0, 0.1) is 11.8 Å². The molecule has 4 heteroatoms. The van der Waals surface area contributed by atoms with Crippen molar-refractivity contribution in [1.82, 2.24) is 0 Å². The van der Waals surface area contributed by atoms with Gasteiger partial charge in [0.05, 0.1) is 26.4 Å². The number of unbranched alkanes of at least 4 members (excludes halogenated alkanes) is 2. The Labute approximate surface area is 172 Å². The van der Waals surface area contributed by atoms with Crippen molar-refractivity contribution in [1.29, 1.82) is 0 Å². The van der Waals surface area contributed by atoms with Crippen LogP contribution in [0.1, 0.15) is 90.2 Å². The van der Waals surface area contributed by atoms with E-state index in [1.54, 1.807) is 0 Å². The molecule has 0 spiro atoms. The van der Waals surface area contributed by atoms with E-state index in [0.29, 0.717) is 36.5 Å². The van der Waals surface area contributed by atoms with E-state index in [2.05, 4.69) is 27.7 Å². The number of aliphatic hydroxyl groups excluding tert-OH is 2. The van der Waals surface area contributed by atoms with Crippen LogP contribution in [0.3, 0.4) is 0 Å². The Balaban J connectivity index is 2.83. The fourth-order valence-electron chi connectivity index (χ4n) is 3.37. The number of ether oxygens (including phenoxy) is 2. The maximum absolute atomic E-state index is 9.81. The van der Waals surface area contributed by atoms with E-state index in [1.807, 2.05) is 12.1 Å². The summed E-state index contributed by atoms with van der Waals surface area (Å²) in [5.41, 5.74) is 1.44. The molecule has 0 aliphatic carbocycles. The van der Waals surface area contributed by atoms with Crippen molar-refractivity contribution in [2.75, 3.05) is 13.2 Å². The van der Waals surface area contributed by atoms with Crippen LogP contribution < -0.4 is 9.47 Å². The first-order valence-corrected chi connectivity index (χ1v) is 11.3. The summed E-state index contributed by atoms with van der Waals surface area (Å²) in [6.45, 7) is 9.87. The number of benzene rings is 1. The summed E-state index contributed by atoms with van der Waals surface area (Å²) >= 11 is 0. The second-order valence-corrected chi connectivity index (χ2v) is 7.84. The number of hydrogen-bond donors (Lipinski definition) is 2. The van der Waals surface area contributed by atoms with E-state index < -0.39 is 0 Å². The molecular formula is C24H42O4. The Kier molecular flexibility index (Phi) is 13.0. The van der Waals surface area contributed by atoms with Gasteiger partial charge in [-0.15, -0.1) is 0 Å². The summed E-state index contributed by atoms with van der Waals surface area (Å²) in [5, 5.41) is 19.6. The second kappa shape index (κ2) is 14.7. The van der Waals surface area contributed by atoms with E-state index in [4.69, 9.17) is 9.47 Å². The maximum atomic E-state index is 9.81. The highest BCUT2D eigenvalue weighted by atomic mass is 16.5. The van der Waals surface area contributed by atoms with Crippen LogP contribution in [0.5, 0.6) is 11.5 Å². The zero-order valence-electron chi connectivity index (χ0n) is 18.5. The highest BCUT2D eigenvalue weighted by Gasteiger charge is 2.15. The molecule has 0 aliphatic rings. The van der Waals surface area contributed by atoms with Gasteiger partial charge < -0.3 is 19.7 Å². The molecule has 162 valence electrons. The van der Waals surface area contributed by atoms with Gasteiger partial charge in [0.1, 0.15) is 11.5 Å².